The lowest BCUT2D eigenvalue weighted by Crippen LogP contribution is -2.24. The Morgan fingerprint density at radius 2 is 1.87 bits per heavy atom. The molecule has 7 heteroatoms. The minimum absolute atomic E-state index is 0.218. The van der Waals surface area contributed by atoms with E-state index in [1.807, 2.05) is 13.0 Å². The number of hydrogen-bond acceptors (Lipinski definition) is 3. The monoisotopic (exact) mass is 337 g/mol. The van der Waals surface area contributed by atoms with Crippen LogP contribution in [0.3, 0.4) is 0 Å². The van der Waals surface area contributed by atoms with E-state index in [2.05, 4.69) is 4.99 Å². The topological polar surface area (TPSA) is 116 Å². The number of hydrogen-bond donors (Lipinski definition) is 2. The van der Waals surface area contributed by atoms with Gasteiger partial charge in [-0.3, -0.25) is 4.79 Å². The second-order valence-corrected chi connectivity index (χ2v) is 7.98. The highest BCUT2D eigenvalue weighted by molar-refractivity contribution is 7.90. The molecule has 0 aliphatic heterocycles. The molecule has 2 rings (SSSR count). The molecule has 0 saturated heterocycles. The molecule has 1 aromatic rings. The van der Waals surface area contributed by atoms with E-state index < -0.39 is 15.7 Å². The summed E-state index contributed by atoms with van der Waals surface area (Å²) in [6.07, 6.45) is 5.93. The minimum Gasteiger partial charge on any atom is -0.370 e. The molecule has 0 aromatic heterocycles. The standard InChI is InChI=1S/C16H23N3O3S/c1-3-10-8-12(11-6-4-5-7-11)14(23(2,21)22)9-13(10)15(20)19-16(17)18/h8-9,11H,3-7H2,1-2H3,(H4,17,18,19,20). The van der Waals surface area contributed by atoms with E-state index in [1.165, 1.54) is 12.3 Å². The van der Waals surface area contributed by atoms with E-state index in [1.54, 1.807) is 0 Å². The molecule has 1 aliphatic carbocycles. The number of benzene rings is 1. The van der Waals surface area contributed by atoms with Gasteiger partial charge in [-0.05, 0) is 42.4 Å². The number of sulfone groups is 1. The van der Waals surface area contributed by atoms with Crippen molar-refractivity contribution in [2.45, 2.75) is 49.8 Å². The molecule has 0 spiro atoms. The molecule has 1 aliphatic rings. The number of guanidine groups is 1. The van der Waals surface area contributed by atoms with E-state index in [0.29, 0.717) is 6.42 Å². The van der Waals surface area contributed by atoms with Gasteiger partial charge < -0.3 is 11.5 Å². The maximum absolute atomic E-state index is 12.2. The first-order valence-electron chi connectivity index (χ1n) is 7.74. The molecular formula is C16H23N3O3S. The second kappa shape index (κ2) is 6.70. The Bertz CT molecular complexity index is 744. The Kier molecular flexibility index (Phi) is 5.09. The highest BCUT2D eigenvalue weighted by atomic mass is 32.2. The summed E-state index contributed by atoms with van der Waals surface area (Å²) in [7, 11) is -3.44. The summed E-state index contributed by atoms with van der Waals surface area (Å²) in [4.78, 5) is 16.0. The molecule has 1 saturated carbocycles. The third kappa shape index (κ3) is 3.90. The number of carbonyl (C=O) groups is 1. The van der Waals surface area contributed by atoms with E-state index in [-0.39, 0.29) is 22.3 Å². The van der Waals surface area contributed by atoms with Gasteiger partial charge in [-0.2, -0.15) is 4.99 Å². The Balaban J connectivity index is 2.66. The molecule has 1 amide bonds. The number of aliphatic imine (C=N–C) groups is 1. The van der Waals surface area contributed by atoms with Crippen LogP contribution < -0.4 is 11.5 Å². The summed E-state index contributed by atoms with van der Waals surface area (Å²) in [5.74, 6) is -0.709. The van der Waals surface area contributed by atoms with Gasteiger partial charge in [-0.1, -0.05) is 25.8 Å². The highest BCUT2D eigenvalue weighted by Gasteiger charge is 2.26. The average Bonchev–Trinajstić information content (AvgIpc) is 2.98. The fourth-order valence-corrected chi connectivity index (χ4v) is 4.18. The molecule has 1 fully saturated rings. The Hall–Kier alpha value is -1.89. The number of nitrogens with two attached hydrogens (primary N) is 2. The molecule has 0 atom stereocenters. The number of carbonyl (C=O) groups excluding carboxylic acids is 1. The van der Waals surface area contributed by atoms with Gasteiger partial charge in [0, 0.05) is 11.8 Å². The fraction of sp³-hybridized carbons (Fsp3) is 0.500. The van der Waals surface area contributed by atoms with Gasteiger partial charge in [0.2, 0.25) is 0 Å². The molecule has 23 heavy (non-hydrogen) atoms. The lowest BCUT2D eigenvalue weighted by atomic mass is 9.92. The average molecular weight is 337 g/mol. The SMILES string of the molecule is CCc1cc(C2CCCC2)c(S(C)(=O)=O)cc1C(=O)N=C(N)N. The predicted octanol–water partition coefficient (Wildman–Crippen LogP) is 1.72. The zero-order valence-electron chi connectivity index (χ0n) is 13.5. The van der Waals surface area contributed by atoms with Crippen LogP contribution in [0.4, 0.5) is 0 Å². The van der Waals surface area contributed by atoms with Gasteiger partial charge in [-0.25, -0.2) is 8.42 Å². The van der Waals surface area contributed by atoms with Crippen molar-refractivity contribution in [3.63, 3.8) is 0 Å². The van der Waals surface area contributed by atoms with E-state index in [0.717, 1.165) is 36.8 Å². The smallest absolute Gasteiger partial charge is 0.280 e. The van der Waals surface area contributed by atoms with Crippen molar-refractivity contribution in [2.75, 3.05) is 6.26 Å². The first kappa shape index (κ1) is 17.5. The summed E-state index contributed by atoms with van der Waals surface area (Å²) < 4.78 is 24.4. The normalized spacial score (nSPS) is 15.6. The van der Waals surface area contributed by atoms with Crippen molar-refractivity contribution in [3.05, 3.63) is 28.8 Å². The van der Waals surface area contributed by atoms with Crippen molar-refractivity contribution >= 4 is 21.7 Å². The first-order chi connectivity index (χ1) is 10.7. The van der Waals surface area contributed by atoms with Crippen LogP contribution in [0.2, 0.25) is 0 Å². The summed E-state index contributed by atoms with van der Waals surface area (Å²) in [5.41, 5.74) is 12.4. The zero-order valence-corrected chi connectivity index (χ0v) is 14.3. The molecule has 6 nitrogen and oxygen atoms in total. The van der Waals surface area contributed by atoms with Crippen LogP contribution in [0, 0.1) is 0 Å². The molecule has 0 radical (unpaired) electrons. The summed E-state index contributed by atoms with van der Waals surface area (Å²) in [5, 5.41) is 0. The summed E-state index contributed by atoms with van der Waals surface area (Å²) >= 11 is 0. The van der Waals surface area contributed by atoms with Gasteiger partial charge >= 0.3 is 0 Å². The van der Waals surface area contributed by atoms with Crippen molar-refractivity contribution in [1.82, 2.24) is 0 Å². The van der Waals surface area contributed by atoms with E-state index in [4.69, 9.17) is 11.5 Å². The van der Waals surface area contributed by atoms with Crippen LogP contribution in [-0.2, 0) is 16.3 Å². The maximum atomic E-state index is 12.2. The largest absolute Gasteiger partial charge is 0.370 e. The van der Waals surface area contributed by atoms with Gasteiger partial charge in [0.05, 0.1) is 4.90 Å². The highest BCUT2D eigenvalue weighted by Crippen LogP contribution is 2.38. The summed E-state index contributed by atoms with van der Waals surface area (Å²) in [6, 6.07) is 3.29. The van der Waals surface area contributed by atoms with Crippen molar-refractivity contribution < 1.29 is 13.2 Å². The lowest BCUT2D eigenvalue weighted by Gasteiger charge is -2.18. The van der Waals surface area contributed by atoms with Gasteiger partial charge in [-0.15, -0.1) is 0 Å². The number of aryl methyl sites for hydroxylation is 1. The van der Waals surface area contributed by atoms with Crippen LogP contribution in [0.15, 0.2) is 22.0 Å². The van der Waals surface area contributed by atoms with Crippen LogP contribution in [-0.4, -0.2) is 26.5 Å². The van der Waals surface area contributed by atoms with E-state index >= 15 is 0 Å². The zero-order chi connectivity index (χ0) is 17.2. The van der Waals surface area contributed by atoms with Crippen molar-refractivity contribution in [1.29, 1.82) is 0 Å². The quantitative estimate of drug-likeness (QED) is 0.641. The fourth-order valence-electron chi connectivity index (χ4n) is 3.19. The molecule has 4 N–H and O–H groups in total. The van der Waals surface area contributed by atoms with E-state index in [9.17, 15) is 13.2 Å². The third-order valence-electron chi connectivity index (χ3n) is 4.27. The molecular weight excluding hydrogens is 314 g/mol. The number of amides is 1. The van der Waals surface area contributed by atoms with Crippen molar-refractivity contribution in [3.8, 4) is 0 Å². The third-order valence-corrected chi connectivity index (χ3v) is 5.42. The van der Waals surface area contributed by atoms with Crippen LogP contribution >= 0.6 is 0 Å². The predicted molar refractivity (Wildman–Crippen MR) is 90.3 cm³/mol. The van der Waals surface area contributed by atoms with Crippen LogP contribution in [0.1, 0.15) is 60.0 Å². The van der Waals surface area contributed by atoms with Crippen LogP contribution in [0.25, 0.3) is 0 Å². The Labute approximate surface area is 136 Å². The molecule has 1 aromatic carbocycles. The second-order valence-electron chi connectivity index (χ2n) is 6.00. The molecule has 126 valence electrons. The molecule has 0 unspecified atom stereocenters. The van der Waals surface area contributed by atoms with Crippen LogP contribution in [0.5, 0.6) is 0 Å². The molecule has 0 heterocycles. The Morgan fingerprint density at radius 1 is 1.26 bits per heavy atom. The van der Waals surface area contributed by atoms with Crippen molar-refractivity contribution in [2.24, 2.45) is 16.5 Å². The maximum Gasteiger partial charge on any atom is 0.280 e. The first-order valence-corrected chi connectivity index (χ1v) is 9.64. The van der Waals surface area contributed by atoms with Gasteiger partial charge in [0.25, 0.3) is 5.91 Å². The van der Waals surface area contributed by atoms with Gasteiger partial charge in [0.15, 0.2) is 15.8 Å². The van der Waals surface area contributed by atoms with Gasteiger partial charge in [0.1, 0.15) is 0 Å². The molecule has 0 bridgehead atoms. The number of rotatable bonds is 4. The summed E-state index contributed by atoms with van der Waals surface area (Å²) in [6.45, 7) is 1.92. The minimum atomic E-state index is -3.44. The number of nitrogens with zero attached hydrogens (tertiary/aromatic N) is 1. The Morgan fingerprint density at radius 3 is 2.35 bits per heavy atom. The lowest BCUT2D eigenvalue weighted by molar-refractivity contribution is 0.100.